The average molecular weight is 277 g/mol. The van der Waals surface area contributed by atoms with E-state index < -0.39 is 11.6 Å². The predicted molar refractivity (Wildman–Crippen MR) is 72.7 cm³/mol. The summed E-state index contributed by atoms with van der Waals surface area (Å²) in [6, 6.07) is 0. The molecule has 20 heavy (non-hydrogen) atoms. The number of nitrogens with zero attached hydrogens (tertiary/aromatic N) is 2. The van der Waals surface area contributed by atoms with Crippen molar-refractivity contribution in [1.82, 2.24) is 9.97 Å². The van der Waals surface area contributed by atoms with Gasteiger partial charge in [0, 0.05) is 18.8 Å². The molecule has 1 aliphatic rings. The fourth-order valence-electron chi connectivity index (χ4n) is 2.46. The summed E-state index contributed by atoms with van der Waals surface area (Å²) in [6.45, 7) is 3.93. The third-order valence-corrected chi connectivity index (χ3v) is 3.77. The fraction of sp³-hybridized carbons (Fsp3) is 0.571. The van der Waals surface area contributed by atoms with Crippen LogP contribution in [-0.4, -0.2) is 27.3 Å². The third kappa shape index (κ3) is 3.12. The lowest BCUT2D eigenvalue weighted by atomic mass is 9.79. The molecule has 0 radical (unpaired) electrons. The van der Waals surface area contributed by atoms with Gasteiger partial charge in [-0.25, -0.2) is 9.97 Å². The molecule has 1 aromatic heterocycles. The Bertz CT molecular complexity index is 495. The lowest BCUT2D eigenvalue weighted by molar-refractivity contribution is -0.177. The lowest BCUT2D eigenvalue weighted by Gasteiger charge is -2.39. The van der Waals surface area contributed by atoms with Gasteiger partial charge in [-0.05, 0) is 24.3 Å². The van der Waals surface area contributed by atoms with Crippen LogP contribution in [0.25, 0.3) is 0 Å². The molecule has 2 heterocycles. The van der Waals surface area contributed by atoms with E-state index in [2.05, 4.69) is 9.97 Å². The summed E-state index contributed by atoms with van der Waals surface area (Å²) in [4.78, 5) is 31.1. The van der Waals surface area contributed by atoms with E-state index in [0.717, 1.165) is 5.56 Å². The number of hydrogen-bond acceptors (Lipinski definition) is 6. The van der Waals surface area contributed by atoms with E-state index >= 15 is 0 Å². The Balaban J connectivity index is 2.11. The summed E-state index contributed by atoms with van der Waals surface area (Å²) in [7, 11) is 0. The zero-order valence-corrected chi connectivity index (χ0v) is 11.8. The van der Waals surface area contributed by atoms with Gasteiger partial charge in [0.15, 0.2) is 0 Å². The van der Waals surface area contributed by atoms with Crippen molar-refractivity contribution in [2.24, 2.45) is 5.92 Å². The van der Waals surface area contributed by atoms with E-state index in [4.69, 9.17) is 10.5 Å². The molecule has 1 saturated heterocycles. The molecule has 0 bridgehead atoms. The number of anilines is 1. The molecule has 1 aliphatic heterocycles. The number of ether oxygens (including phenoxy) is 1. The predicted octanol–water partition coefficient (Wildman–Crippen LogP) is 1.29. The second-order valence-electron chi connectivity index (χ2n) is 5.54. The summed E-state index contributed by atoms with van der Waals surface area (Å²) >= 11 is 0. The molecular formula is C14H19N3O3. The molecule has 6 heteroatoms. The van der Waals surface area contributed by atoms with Crippen molar-refractivity contribution in [2.75, 3.05) is 5.73 Å². The van der Waals surface area contributed by atoms with Gasteiger partial charge in [-0.15, -0.1) is 0 Å². The Labute approximate surface area is 117 Å². The average Bonchev–Trinajstić information content (AvgIpc) is 2.37. The quantitative estimate of drug-likeness (QED) is 0.658. The zero-order valence-electron chi connectivity index (χ0n) is 11.8. The van der Waals surface area contributed by atoms with Gasteiger partial charge in [0.05, 0.1) is 0 Å². The zero-order chi connectivity index (χ0) is 14.8. The van der Waals surface area contributed by atoms with Crippen LogP contribution in [0.2, 0.25) is 0 Å². The number of nitrogens with two attached hydrogens (primary N) is 1. The molecule has 1 atom stereocenters. The van der Waals surface area contributed by atoms with E-state index in [1.54, 1.807) is 12.4 Å². The number of esters is 1. The second-order valence-corrected chi connectivity index (χ2v) is 5.54. The molecule has 0 aromatic carbocycles. The summed E-state index contributed by atoms with van der Waals surface area (Å²) in [5, 5.41) is 0. The summed E-state index contributed by atoms with van der Waals surface area (Å²) in [5.41, 5.74) is 5.64. The number of aryl methyl sites for hydroxylation is 1. The normalized spacial score (nSPS) is 22.9. The van der Waals surface area contributed by atoms with Crippen LogP contribution in [0.15, 0.2) is 12.4 Å². The van der Waals surface area contributed by atoms with Gasteiger partial charge < -0.3 is 10.5 Å². The minimum atomic E-state index is -0.714. The van der Waals surface area contributed by atoms with Gasteiger partial charge in [0.2, 0.25) is 5.95 Å². The Kier molecular flexibility index (Phi) is 4.01. The summed E-state index contributed by atoms with van der Waals surface area (Å²) in [5.74, 6) is -0.177. The molecule has 1 unspecified atom stereocenters. The first kappa shape index (κ1) is 14.4. The van der Waals surface area contributed by atoms with Crippen LogP contribution in [0.1, 0.15) is 38.7 Å². The van der Waals surface area contributed by atoms with Crippen molar-refractivity contribution in [3.05, 3.63) is 18.0 Å². The number of ketones is 1. The standard InChI is InChI=1S/C14H19N3O3/c1-9(2)14(6-11(18)5-12(19)20-14)4-3-10-7-16-13(15)17-8-10/h7-9H,3-6H2,1-2H3,(H2,15,16,17). The monoisotopic (exact) mass is 277 g/mol. The lowest BCUT2D eigenvalue weighted by Crippen LogP contribution is -2.47. The Morgan fingerprint density at radius 2 is 2.00 bits per heavy atom. The highest BCUT2D eigenvalue weighted by atomic mass is 16.6. The van der Waals surface area contributed by atoms with E-state index in [1.807, 2.05) is 13.8 Å². The fourth-order valence-corrected chi connectivity index (χ4v) is 2.46. The molecule has 0 aliphatic carbocycles. The minimum absolute atomic E-state index is 0.0523. The molecule has 2 rings (SSSR count). The highest BCUT2D eigenvalue weighted by Gasteiger charge is 2.43. The van der Waals surface area contributed by atoms with Crippen molar-refractivity contribution in [1.29, 1.82) is 0 Å². The van der Waals surface area contributed by atoms with E-state index in [9.17, 15) is 9.59 Å². The molecule has 0 amide bonds. The van der Waals surface area contributed by atoms with Crippen LogP contribution >= 0.6 is 0 Å². The molecule has 6 nitrogen and oxygen atoms in total. The van der Waals surface area contributed by atoms with Gasteiger partial charge in [-0.3, -0.25) is 9.59 Å². The number of hydrogen-bond donors (Lipinski definition) is 1. The number of rotatable bonds is 4. The highest BCUT2D eigenvalue weighted by molar-refractivity contribution is 5.98. The van der Waals surface area contributed by atoms with Crippen LogP contribution in [0.4, 0.5) is 5.95 Å². The number of Topliss-reactive ketones (excluding diaryl/α,β-unsaturated/α-hetero) is 1. The van der Waals surface area contributed by atoms with Gasteiger partial charge in [0.25, 0.3) is 0 Å². The van der Waals surface area contributed by atoms with Gasteiger partial charge >= 0.3 is 5.97 Å². The van der Waals surface area contributed by atoms with E-state index in [1.165, 1.54) is 0 Å². The maximum atomic E-state index is 11.7. The Hall–Kier alpha value is -1.98. The molecule has 2 N–H and O–H groups in total. The number of aromatic nitrogens is 2. The Morgan fingerprint density at radius 1 is 1.35 bits per heavy atom. The van der Waals surface area contributed by atoms with Crippen LogP contribution < -0.4 is 5.73 Å². The second kappa shape index (κ2) is 5.56. The largest absolute Gasteiger partial charge is 0.458 e. The van der Waals surface area contributed by atoms with Crippen molar-refractivity contribution in [3.63, 3.8) is 0 Å². The molecule has 0 saturated carbocycles. The van der Waals surface area contributed by atoms with Crippen molar-refractivity contribution >= 4 is 17.7 Å². The van der Waals surface area contributed by atoms with Crippen LogP contribution in [0, 0.1) is 5.92 Å². The molecular weight excluding hydrogens is 258 g/mol. The first-order valence-electron chi connectivity index (χ1n) is 6.71. The first-order chi connectivity index (χ1) is 9.41. The molecule has 1 fully saturated rings. The van der Waals surface area contributed by atoms with Gasteiger partial charge in [-0.1, -0.05) is 13.8 Å². The van der Waals surface area contributed by atoms with E-state index in [-0.39, 0.29) is 30.5 Å². The van der Waals surface area contributed by atoms with Crippen LogP contribution in [-0.2, 0) is 20.7 Å². The van der Waals surface area contributed by atoms with Crippen LogP contribution in [0.5, 0.6) is 0 Å². The SMILES string of the molecule is CC(C)C1(CCc2cnc(N)nc2)CC(=O)CC(=O)O1. The number of carbonyl (C=O) groups excluding carboxylic acids is 2. The molecule has 1 aromatic rings. The highest BCUT2D eigenvalue weighted by Crippen LogP contribution is 2.35. The summed E-state index contributed by atoms with van der Waals surface area (Å²) < 4.78 is 5.53. The van der Waals surface area contributed by atoms with Crippen LogP contribution in [0.3, 0.4) is 0 Å². The van der Waals surface area contributed by atoms with Crippen molar-refractivity contribution < 1.29 is 14.3 Å². The Morgan fingerprint density at radius 3 is 2.55 bits per heavy atom. The van der Waals surface area contributed by atoms with E-state index in [0.29, 0.717) is 12.8 Å². The van der Waals surface area contributed by atoms with Gasteiger partial charge in [0.1, 0.15) is 17.8 Å². The molecule has 108 valence electrons. The maximum Gasteiger partial charge on any atom is 0.313 e. The molecule has 0 spiro atoms. The first-order valence-corrected chi connectivity index (χ1v) is 6.71. The summed E-state index contributed by atoms with van der Waals surface area (Å²) in [6.07, 6.45) is 4.70. The van der Waals surface area contributed by atoms with Crippen molar-refractivity contribution in [2.45, 2.75) is 45.1 Å². The van der Waals surface area contributed by atoms with Crippen molar-refractivity contribution in [3.8, 4) is 0 Å². The number of cyclic esters (lactones) is 1. The maximum absolute atomic E-state index is 11.7. The minimum Gasteiger partial charge on any atom is -0.458 e. The third-order valence-electron chi connectivity index (χ3n) is 3.77. The topological polar surface area (TPSA) is 95.2 Å². The van der Waals surface area contributed by atoms with Gasteiger partial charge in [-0.2, -0.15) is 0 Å². The smallest absolute Gasteiger partial charge is 0.313 e. The number of nitrogen functional groups attached to an aromatic ring is 1. The number of carbonyl (C=O) groups is 2.